The monoisotopic (exact) mass is 500 g/mol. The topological polar surface area (TPSA) is 87.5 Å². The fraction of sp³-hybridized carbons (Fsp3) is 0.250. The van der Waals surface area contributed by atoms with Gasteiger partial charge in [-0.15, -0.1) is 11.3 Å². The fourth-order valence-corrected chi connectivity index (χ4v) is 5.62. The quantitative estimate of drug-likeness (QED) is 0.393. The first-order valence-electron chi connectivity index (χ1n) is 11.7. The zero-order valence-electron chi connectivity index (χ0n) is 20.7. The third-order valence-corrected chi connectivity index (χ3v) is 7.93. The van der Waals surface area contributed by atoms with Gasteiger partial charge in [-0.25, -0.2) is 4.98 Å². The molecular formula is C28H28N4O3S. The van der Waals surface area contributed by atoms with Crippen molar-refractivity contribution < 1.29 is 9.90 Å². The summed E-state index contributed by atoms with van der Waals surface area (Å²) in [6, 6.07) is 15.0. The van der Waals surface area contributed by atoms with Crippen LogP contribution in [0.2, 0.25) is 0 Å². The van der Waals surface area contributed by atoms with E-state index < -0.39 is 0 Å². The first-order valence-corrected chi connectivity index (χ1v) is 12.6. The molecule has 0 spiro atoms. The van der Waals surface area contributed by atoms with E-state index in [4.69, 9.17) is 0 Å². The SMILES string of the molecule is Cn1cc(-c2cccc(N3Cc4cc(C(C)(C)C)sc4C3=O)c2CO)cc(Nc2ccccn2)c1=O. The maximum Gasteiger partial charge on any atom is 0.274 e. The molecule has 4 aromatic rings. The minimum absolute atomic E-state index is 0.0133. The van der Waals surface area contributed by atoms with Crippen molar-refractivity contribution in [1.82, 2.24) is 9.55 Å². The van der Waals surface area contributed by atoms with Crippen molar-refractivity contribution in [2.75, 3.05) is 10.2 Å². The molecule has 0 atom stereocenters. The molecule has 7 nitrogen and oxygen atoms in total. The van der Waals surface area contributed by atoms with E-state index in [2.05, 4.69) is 37.1 Å². The van der Waals surface area contributed by atoms with Crippen molar-refractivity contribution >= 4 is 34.4 Å². The van der Waals surface area contributed by atoms with Gasteiger partial charge in [0.2, 0.25) is 0 Å². The smallest absolute Gasteiger partial charge is 0.274 e. The number of aromatic nitrogens is 2. The Kier molecular flexibility index (Phi) is 6.02. The van der Waals surface area contributed by atoms with Crippen LogP contribution in [0, 0.1) is 0 Å². The number of anilines is 3. The highest BCUT2D eigenvalue weighted by Crippen LogP contribution is 2.41. The molecule has 184 valence electrons. The number of aryl methyl sites for hydroxylation is 1. The third kappa shape index (κ3) is 4.23. The number of hydrogen-bond donors (Lipinski definition) is 2. The van der Waals surface area contributed by atoms with Gasteiger partial charge in [-0.05, 0) is 46.9 Å². The number of nitrogens with zero attached hydrogens (tertiary/aromatic N) is 3. The number of hydrogen-bond acceptors (Lipinski definition) is 6. The second kappa shape index (κ2) is 9.04. The summed E-state index contributed by atoms with van der Waals surface area (Å²) in [5, 5.41) is 13.5. The number of pyridine rings is 2. The number of thiophene rings is 1. The van der Waals surface area contributed by atoms with E-state index in [1.165, 1.54) is 9.44 Å². The predicted octanol–water partition coefficient (Wildman–Crippen LogP) is 5.20. The first kappa shape index (κ1) is 24.0. The molecule has 0 saturated carbocycles. The van der Waals surface area contributed by atoms with Crippen molar-refractivity contribution in [3.05, 3.63) is 92.2 Å². The van der Waals surface area contributed by atoms with Crippen molar-refractivity contribution in [3.8, 4) is 11.1 Å². The third-order valence-electron chi connectivity index (χ3n) is 6.34. The molecule has 3 aromatic heterocycles. The van der Waals surface area contributed by atoms with Gasteiger partial charge < -0.3 is 19.9 Å². The molecule has 0 fully saturated rings. The Morgan fingerprint density at radius 1 is 1.11 bits per heavy atom. The molecule has 0 bridgehead atoms. The van der Waals surface area contributed by atoms with Crippen LogP contribution in [0.3, 0.4) is 0 Å². The van der Waals surface area contributed by atoms with Gasteiger partial charge >= 0.3 is 0 Å². The Hall–Kier alpha value is -3.75. The lowest BCUT2D eigenvalue weighted by Crippen LogP contribution is -2.25. The fourth-order valence-electron chi connectivity index (χ4n) is 4.44. The molecule has 1 aliphatic heterocycles. The number of fused-ring (bicyclic) bond motifs is 1. The van der Waals surface area contributed by atoms with Crippen LogP contribution in [0.5, 0.6) is 0 Å². The number of rotatable bonds is 5. The van der Waals surface area contributed by atoms with Gasteiger partial charge in [-0.1, -0.05) is 39.0 Å². The maximum absolute atomic E-state index is 13.4. The average Bonchev–Trinajstić information content (AvgIpc) is 3.41. The predicted molar refractivity (Wildman–Crippen MR) is 144 cm³/mol. The maximum atomic E-state index is 13.4. The standard InChI is InChI=1S/C28H28N4O3S/c1-28(2,3)23-13-18-15-32(27(35)25(18)36-23)22-9-7-8-19(20(22)16-33)17-12-21(26(34)31(4)14-17)30-24-10-5-6-11-29-24/h5-14,33H,15-16H2,1-4H3,(H,29,30). The Bertz CT molecular complexity index is 1520. The molecule has 0 aliphatic carbocycles. The molecule has 36 heavy (non-hydrogen) atoms. The summed E-state index contributed by atoms with van der Waals surface area (Å²) in [6.07, 6.45) is 3.39. The normalized spacial score (nSPS) is 13.2. The van der Waals surface area contributed by atoms with Crippen LogP contribution in [-0.2, 0) is 25.6 Å². The molecule has 5 rings (SSSR count). The minimum atomic E-state index is -0.248. The molecule has 1 aromatic carbocycles. The van der Waals surface area contributed by atoms with E-state index >= 15 is 0 Å². The van der Waals surface area contributed by atoms with E-state index in [1.807, 2.05) is 24.3 Å². The number of nitrogens with one attached hydrogen (secondary N) is 1. The van der Waals surface area contributed by atoms with Crippen molar-refractivity contribution in [3.63, 3.8) is 0 Å². The molecule has 0 saturated heterocycles. The number of carbonyl (C=O) groups excluding carboxylic acids is 1. The van der Waals surface area contributed by atoms with Gasteiger partial charge in [0.25, 0.3) is 11.5 Å². The molecule has 0 radical (unpaired) electrons. The highest BCUT2D eigenvalue weighted by atomic mass is 32.1. The Balaban J connectivity index is 1.54. The lowest BCUT2D eigenvalue weighted by molar-refractivity contribution is 0.0999. The molecule has 0 unspecified atom stereocenters. The van der Waals surface area contributed by atoms with Gasteiger partial charge in [0, 0.05) is 35.4 Å². The summed E-state index contributed by atoms with van der Waals surface area (Å²) < 4.78 is 1.50. The molecule has 1 amide bonds. The van der Waals surface area contributed by atoms with E-state index in [0.717, 1.165) is 21.6 Å². The molecule has 8 heteroatoms. The van der Waals surface area contributed by atoms with Crippen LogP contribution in [0.15, 0.2) is 65.7 Å². The second-order valence-corrected chi connectivity index (χ2v) is 11.0. The number of amides is 1. The van der Waals surface area contributed by atoms with E-state index in [-0.39, 0.29) is 23.5 Å². The summed E-state index contributed by atoms with van der Waals surface area (Å²) in [5.41, 5.74) is 4.00. The highest BCUT2D eigenvalue weighted by molar-refractivity contribution is 7.14. The zero-order chi connectivity index (χ0) is 25.6. The summed E-state index contributed by atoms with van der Waals surface area (Å²) >= 11 is 1.55. The number of carbonyl (C=O) groups is 1. The number of aliphatic hydroxyl groups excluding tert-OH is 1. The zero-order valence-corrected chi connectivity index (χ0v) is 21.5. The van der Waals surface area contributed by atoms with Crippen LogP contribution in [-0.4, -0.2) is 20.6 Å². The summed E-state index contributed by atoms with van der Waals surface area (Å²) in [7, 11) is 1.69. The molecule has 2 N–H and O–H groups in total. The molecule has 4 heterocycles. The number of benzene rings is 1. The highest BCUT2D eigenvalue weighted by Gasteiger charge is 2.34. The lowest BCUT2D eigenvalue weighted by atomic mass is 9.94. The Morgan fingerprint density at radius 2 is 1.92 bits per heavy atom. The summed E-state index contributed by atoms with van der Waals surface area (Å²) in [6.45, 7) is 6.66. The van der Waals surface area contributed by atoms with Gasteiger partial charge in [0.15, 0.2) is 0 Å². The minimum Gasteiger partial charge on any atom is -0.392 e. The van der Waals surface area contributed by atoms with Gasteiger partial charge in [0.05, 0.1) is 23.7 Å². The summed E-state index contributed by atoms with van der Waals surface area (Å²) in [4.78, 5) is 34.1. The van der Waals surface area contributed by atoms with Crippen molar-refractivity contribution in [2.45, 2.75) is 39.3 Å². The van der Waals surface area contributed by atoms with Crippen LogP contribution < -0.4 is 15.8 Å². The Morgan fingerprint density at radius 3 is 2.58 bits per heavy atom. The van der Waals surface area contributed by atoms with Crippen molar-refractivity contribution in [1.29, 1.82) is 0 Å². The van der Waals surface area contributed by atoms with E-state index in [1.54, 1.807) is 53.9 Å². The van der Waals surface area contributed by atoms with Gasteiger partial charge in [-0.2, -0.15) is 0 Å². The van der Waals surface area contributed by atoms with Crippen LogP contribution in [0.25, 0.3) is 11.1 Å². The first-order chi connectivity index (χ1) is 17.2. The number of aliphatic hydroxyl groups is 1. The largest absolute Gasteiger partial charge is 0.392 e. The second-order valence-electron chi connectivity index (χ2n) is 9.97. The van der Waals surface area contributed by atoms with Crippen LogP contribution in [0.1, 0.15) is 46.4 Å². The van der Waals surface area contributed by atoms with Gasteiger partial charge in [-0.3, -0.25) is 9.59 Å². The lowest BCUT2D eigenvalue weighted by Gasteiger charge is -2.22. The average molecular weight is 501 g/mol. The van der Waals surface area contributed by atoms with Crippen molar-refractivity contribution in [2.24, 2.45) is 7.05 Å². The van der Waals surface area contributed by atoms with Gasteiger partial charge in [0.1, 0.15) is 11.5 Å². The van der Waals surface area contributed by atoms with Crippen LogP contribution in [0.4, 0.5) is 17.2 Å². The molecule has 1 aliphatic rings. The summed E-state index contributed by atoms with van der Waals surface area (Å²) in [5.74, 6) is 0.515. The van der Waals surface area contributed by atoms with Crippen LogP contribution >= 0.6 is 11.3 Å². The Labute approximate surface area is 213 Å². The molecular weight excluding hydrogens is 472 g/mol. The van der Waals surface area contributed by atoms with E-state index in [0.29, 0.717) is 29.3 Å². The van der Waals surface area contributed by atoms with E-state index in [9.17, 15) is 14.7 Å².